The number of benzene rings is 2. The van der Waals surface area contributed by atoms with Gasteiger partial charge in [-0.15, -0.1) is 0 Å². The molecule has 2 heterocycles. The first kappa shape index (κ1) is 26.1. The maximum absolute atomic E-state index is 15.7. The van der Waals surface area contributed by atoms with Crippen LogP contribution in [0.15, 0.2) is 47.0 Å². The fraction of sp³-hybridized carbons (Fsp3) is 0.414. The highest BCUT2D eigenvalue weighted by molar-refractivity contribution is 6.62. The molecule has 38 heavy (non-hydrogen) atoms. The van der Waals surface area contributed by atoms with E-state index in [2.05, 4.69) is 5.16 Å². The highest BCUT2D eigenvalue weighted by atomic mass is 35.5. The second-order valence-electron chi connectivity index (χ2n) is 11.3. The minimum atomic E-state index is -1.33. The van der Waals surface area contributed by atoms with Crippen LogP contribution >= 0.6 is 23.2 Å². The Morgan fingerprint density at radius 3 is 2.39 bits per heavy atom. The minimum absolute atomic E-state index is 0.128. The Bertz CT molecular complexity index is 1380. The first-order chi connectivity index (χ1) is 18.1. The van der Waals surface area contributed by atoms with Gasteiger partial charge in [0.25, 0.3) is 0 Å². The van der Waals surface area contributed by atoms with Crippen LogP contribution in [0.4, 0.5) is 4.39 Å². The summed E-state index contributed by atoms with van der Waals surface area (Å²) in [7, 11) is -0.504. The zero-order chi connectivity index (χ0) is 26.8. The Hall–Kier alpha value is -2.16. The Morgan fingerprint density at radius 2 is 1.74 bits per heavy atom. The predicted octanol–water partition coefficient (Wildman–Crippen LogP) is 7.45. The number of aromatic nitrogens is 1. The first-order valence-electron chi connectivity index (χ1n) is 12.9. The summed E-state index contributed by atoms with van der Waals surface area (Å²) < 4.78 is 39.9. The normalized spacial score (nSPS) is 23.6. The predicted molar refractivity (Wildman–Crippen MR) is 148 cm³/mol. The van der Waals surface area contributed by atoms with Gasteiger partial charge < -0.3 is 18.6 Å². The van der Waals surface area contributed by atoms with Crippen LogP contribution in [0.25, 0.3) is 17.3 Å². The number of ether oxygens (including phenoxy) is 1. The van der Waals surface area contributed by atoms with Crippen LogP contribution in [-0.2, 0) is 20.7 Å². The third kappa shape index (κ3) is 4.52. The third-order valence-electron chi connectivity index (χ3n) is 8.07. The van der Waals surface area contributed by atoms with Crippen LogP contribution in [0, 0.1) is 0 Å². The summed E-state index contributed by atoms with van der Waals surface area (Å²) in [4.78, 5) is 0. The number of rotatable bonds is 6. The van der Waals surface area contributed by atoms with Crippen molar-refractivity contribution in [3.05, 3.63) is 75.0 Å². The minimum Gasteiger partial charge on any atom is -0.399 e. The fourth-order valence-electron chi connectivity index (χ4n) is 4.96. The number of alkyl halides is 1. The molecule has 1 saturated heterocycles. The second-order valence-corrected chi connectivity index (χ2v) is 12.1. The van der Waals surface area contributed by atoms with Gasteiger partial charge in [0, 0.05) is 17.0 Å². The van der Waals surface area contributed by atoms with Crippen molar-refractivity contribution in [2.24, 2.45) is 0 Å². The molecule has 1 aromatic heterocycles. The van der Waals surface area contributed by atoms with Gasteiger partial charge in [0.2, 0.25) is 0 Å². The van der Waals surface area contributed by atoms with E-state index in [1.54, 1.807) is 30.3 Å². The van der Waals surface area contributed by atoms with Crippen LogP contribution in [0.3, 0.4) is 0 Å². The van der Waals surface area contributed by atoms with Gasteiger partial charge in [-0.1, -0.05) is 64.8 Å². The molecule has 0 spiro atoms. The standard InChI is InChI=1S/C29H29BCl2FNO4/c1-28(2)29(3,4)38-30(37-28)18-11-12-19-17(14-18)10-13-23(25(19)33)35-15-20-26(34-36-27(20)16-8-9-16)24-21(31)6-5-7-22(24)32/h5-7,10-14,16,23,25H,8-9,15H2,1-4H3. The smallest absolute Gasteiger partial charge is 0.399 e. The maximum Gasteiger partial charge on any atom is 0.494 e. The number of fused-ring (bicyclic) bond motifs is 1. The van der Waals surface area contributed by atoms with E-state index < -0.39 is 30.6 Å². The molecule has 0 N–H and O–H groups in total. The van der Waals surface area contributed by atoms with Gasteiger partial charge in [0.1, 0.15) is 17.6 Å². The van der Waals surface area contributed by atoms with E-state index in [9.17, 15) is 0 Å². The van der Waals surface area contributed by atoms with Crippen molar-refractivity contribution in [1.29, 1.82) is 0 Å². The van der Waals surface area contributed by atoms with Gasteiger partial charge >= 0.3 is 7.12 Å². The van der Waals surface area contributed by atoms with Crippen molar-refractivity contribution in [3.63, 3.8) is 0 Å². The van der Waals surface area contributed by atoms with Crippen LogP contribution in [-0.4, -0.2) is 29.6 Å². The van der Waals surface area contributed by atoms with Crippen molar-refractivity contribution >= 4 is 41.9 Å². The van der Waals surface area contributed by atoms with Gasteiger partial charge in [-0.05, 0) is 69.3 Å². The van der Waals surface area contributed by atoms with E-state index in [1.807, 2.05) is 45.9 Å². The molecule has 0 radical (unpaired) electrons. The summed E-state index contributed by atoms with van der Waals surface area (Å²) in [6, 6.07) is 10.9. The topological polar surface area (TPSA) is 53.7 Å². The Kier molecular flexibility index (Phi) is 6.52. The van der Waals surface area contributed by atoms with Crippen LogP contribution in [0.2, 0.25) is 10.0 Å². The van der Waals surface area contributed by atoms with E-state index in [0.717, 1.165) is 35.2 Å². The van der Waals surface area contributed by atoms with Gasteiger partial charge in [-0.2, -0.15) is 0 Å². The molecule has 0 bridgehead atoms. The number of hydrogen-bond acceptors (Lipinski definition) is 5. The second kappa shape index (κ2) is 9.49. The largest absolute Gasteiger partial charge is 0.494 e. The molecule has 2 aromatic carbocycles. The molecule has 9 heteroatoms. The molecule has 3 aliphatic rings. The molecule has 2 aliphatic carbocycles. The zero-order valence-corrected chi connectivity index (χ0v) is 23.3. The molecule has 0 amide bonds. The highest BCUT2D eigenvalue weighted by Crippen LogP contribution is 2.46. The van der Waals surface area contributed by atoms with Crippen molar-refractivity contribution in [2.45, 2.75) is 76.5 Å². The van der Waals surface area contributed by atoms with E-state index in [0.29, 0.717) is 26.9 Å². The third-order valence-corrected chi connectivity index (χ3v) is 8.70. The average Bonchev–Trinajstić information content (AvgIpc) is 3.58. The lowest BCUT2D eigenvalue weighted by Crippen LogP contribution is -2.41. The molecule has 2 fully saturated rings. The van der Waals surface area contributed by atoms with Crippen LogP contribution in [0.1, 0.15) is 75.1 Å². The monoisotopic (exact) mass is 555 g/mol. The molecule has 198 valence electrons. The Morgan fingerprint density at radius 1 is 1.05 bits per heavy atom. The van der Waals surface area contributed by atoms with E-state index in [4.69, 9.17) is 41.8 Å². The molecule has 1 aliphatic heterocycles. The summed E-state index contributed by atoms with van der Waals surface area (Å²) in [5, 5.41) is 5.24. The van der Waals surface area contributed by atoms with Crippen LogP contribution < -0.4 is 5.46 Å². The number of hydrogen-bond donors (Lipinski definition) is 0. The molecule has 2 atom stereocenters. The van der Waals surface area contributed by atoms with Crippen molar-refractivity contribution in [3.8, 4) is 11.3 Å². The van der Waals surface area contributed by atoms with Gasteiger partial charge in [0.15, 0.2) is 6.17 Å². The Balaban J connectivity index is 1.22. The fourth-order valence-corrected chi connectivity index (χ4v) is 5.53. The van der Waals surface area contributed by atoms with E-state index >= 15 is 4.39 Å². The lowest BCUT2D eigenvalue weighted by molar-refractivity contribution is 0.00578. The summed E-state index contributed by atoms with van der Waals surface area (Å²) in [6.07, 6.45) is 3.59. The summed E-state index contributed by atoms with van der Waals surface area (Å²) in [6.45, 7) is 8.18. The highest BCUT2D eigenvalue weighted by Gasteiger charge is 2.51. The number of nitrogens with zero attached hydrogens (tertiary/aromatic N) is 1. The van der Waals surface area contributed by atoms with Crippen molar-refractivity contribution in [1.82, 2.24) is 5.16 Å². The quantitative estimate of drug-likeness (QED) is 0.296. The molecular formula is C29H29BCl2FNO4. The SMILES string of the molecule is CC1(C)OB(c2ccc3c(c2)C=CC(OCc2c(-c4c(Cl)cccc4Cl)noc2C2CC2)C3F)OC1(C)C. The van der Waals surface area contributed by atoms with Gasteiger partial charge in [-0.3, -0.25) is 0 Å². The maximum atomic E-state index is 15.7. The first-order valence-corrected chi connectivity index (χ1v) is 13.7. The van der Waals surface area contributed by atoms with Crippen molar-refractivity contribution < 1.29 is 23.0 Å². The molecule has 3 aromatic rings. The molecule has 5 nitrogen and oxygen atoms in total. The molecule has 6 rings (SSSR count). The summed E-state index contributed by atoms with van der Waals surface area (Å²) in [5.41, 5.74) is 3.24. The Labute approximate surface area is 232 Å². The number of halogens is 3. The summed E-state index contributed by atoms with van der Waals surface area (Å²) in [5.74, 6) is 1.05. The lowest BCUT2D eigenvalue weighted by Gasteiger charge is -2.32. The lowest BCUT2D eigenvalue weighted by atomic mass is 9.76. The average molecular weight is 556 g/mol. The van der Waals surface area contributed by atoms with E-state index in [1.165, 1.54) is 0 Å². The molecule has 1 saturated carbocycles. The molecular weight excluding hydrogens is 527 g/mol. The summed E-state index contributed by atoms with van der Waals surface area (Å²) >= 11 is 12.9. The zero-order valence-electron chi connectivity index (χ0n) is 21.8. The van der Waals surface area contributed by atoms with Gasteiger partial charge in [-0.25, -0.2) is 4.39 Å². The van der Waals surface area contributed by atoms with E-state index in [-0.39, 0.29) is 12.5 Å². The van der Waals surface area contributed by atoms with Crippen molar-refractivity contribution in [2.75, 3.05) is 0 Å². The van der Waals surface area contributed by atoms with Crippen LogP contribution in [0.5, 0.6) is 0 Å². The van der Waals surface area contributed by atoms with Gasteiger partial charge in [0.05, 0.1) is 27.9 Å². The molecule has 2 unspecified atom stereocenters.